The summed E-state index contributed by atoms with van der Waals surface area (Å²) in [4.78, 5) is 1.98. The summed E-state index contributed by atoms with van der Waals surface area (Å²) in [6.45, 7) is 6.52. The van der Waals surface area contributed by atoms with Crippen LogP contribution in [0.3, 0.4) is 0 Å². The van der Waals surface area contributed by atoms with Crippen molar-refractivity contribution in [3.63, 3.8) is 0 Å². The molecule has 1 rings (SSSR count). The predicted octanol–water partition coefficient (Wildman–Crippen LogP) is 3.58. The number of hydrogen-bond donors (Lipinski definition) is 1. The smallest absolute Gasteiger partial charge is 0.405 e. The van der Waals surface area contributed by atoms with Gasteiger partial charge in [0.2, 0.25) is 0 Å². The summed E-state index contributed by atoms with van der Waals surface area (Å²) in [5.74, 6) is -0.161. The maximum atomic E-state index is 12.6. The first kappa shape index (κ1) is 17.8. The van der Waals surface area contributed by atoms with E-state index in [1.807, 2.05) is 39.8 Å². The summed E-state index contributed by atoms with van der Waals surface area (Å²) in [5, 5.41) is 3.26. The van der Waals surface area contributed by atoms with Crippen LogP contribution >= 0.6 is 0 Å². The molecule has 0 amide bonds. The fraction of sp³-hybridized carbons (Fsp3) is 0.600. The largest absolute Gasteiger partial charge is 0.573 e. The minimum Gasteiger partial charge on any atom is -0.405 e. The molecule has 0 fully saturated rings. The molecule has 0 aliphatic carbocycles. The quantitative estimate of drug-likeness (QED) is 0.869. The van der Waals surface area contributed by atoms with Gasteiger partial charge >= 0.3 is 6.36 Å². The topological polar surface area (TPSA) is 24.5 Å². The van der Waals surface area contributed by atoms with E-state index in [1.54, 1.807) is 12.1 Å². The highest BCUT2D eigenvalue weighted by Gasteiger charge is 2.37. The number of likely N-dealkylation sites (N-methyl/N-ethyl adjacent to an activating group) is 2. The second-order valence-electron chi connectivity index (χ2n) is 5.62. The highest BCUT2D eigenvalue weighted by Crippen LogP contribution is 2.36. The van der Waals surface area contributed by atoms with Gasteiger partial charge in [-0.15, -0.1) is 13.2 Å². The number of ether oxygens (including phenoxy) is 1. The number of nitrogens with zero attached hydrogens (tertiary/aromatic N) is 1. The number of hydrogen-bond acceptors (Lipinski definition) is 3. The van der Waals surface area contributed by atoms with Crippen molar-refractivity contribution in [3.05, 3.63) is 29.8 Å². The molecule has 1 N–H and O–H groups in total. The van der Waals surface area contributed by atoms with Crippen molar-refractivity contribution in [3.8, 4) is 5.75 Å². The molecule has 120 valence electrons. The van der Waals surface area contributed by atoms with Gasteiger partial charge in [-0.05, 0) is 40.6 Å². The Kier molecular flexibility index (Phi) is 5.64. The van der Waals surface area contributed by atoms with Crippen LogP contribution < -0.4 is 10.1 Å². The van der Waals surface area contributed by atoms with Gasteiger partial charge in [0.05, 0.1) is 6.04 Å². The number of halogens is 3. The van der Waals surface area contributed by atoms with Crippen LogP contribution in [0.25, 0.3) is 0 Å². The minimum absolute atomic E-state index is 0.161. The Morgan fingerprint density at radius 3 is 2.24 bits per heavy atom. The van der Waals surface area contributed by atoms with Gasteiger partial charge < -0.3 is 15.0 Å². The van der Waals surface area contributed by atoms with E-state index >= 15 is 0 Å². The Hall–Kier alpha value is -1.27. The summed E-state index contributed by atoms with van der Waals surface area (Å²) in [7, 11) is 3.80. The molecule has 0 aliphatic rings. The van der Waals surface area contributed by atoms with Crippen LogP contribution in [0.1, 0.15) is 32.4 Å². The second-order valence-corrected chi connectivity index (χ2v) is 5.62. The summed E-state index contributed by atoms with van der Waals surface area (Å²) >= 11 is 0. The maximum Gasteiger partial charge on any atom is 0.573 e. The zero-order chi connectivity index (χ0) is 16.3. The monoisotopic (exact) mass is 304 g/mol. The number of alkyl halides is 3. The van der Waals surface area contributed by atoms with Crippen molar-refractivity contribution in [1.29, 1.82) is 0 Å². The highest BCUT2D eigenvalue weighted by molar-refractivity contribution is 5.38. The van der Waals surface area contributed by atoms with E-state index in [4.69, 9.17) is 0 Å². The first-order valence-electron chi connectivity index (χ1n) is 6.85. The Balaban J connectivity index is 3.26. The molecule has 21 heavy (non-hydrogen) atoms. The fourth-order valence-corrected chi connectivity index (χ4v) is 2.14. The maximum absolute atomic E-state index is 12.6. The summed E-state index contributed by atoms with van der Waals surface area (Å²) < 4.78 is 41.9. The van der Waals surface area contributed by atoms with E-state index in [-0.39, 0.29) is 17.3 Å². The SMILES string of the molecule is CCNC(c1ccccc1OC(F)(F)F)C(C)(C)N(C)C. The molecule has 0 saturated heterocycles. The minimum atomic E-state index is -4.70. The van der Waals surface area contributed by atoms with E-state index in [9.17, 15) is 13.2 Å². The number of benzene rings is 1. The van der Waals surface area contributed by atoms with E-state index in [0.717, 1.165) is 0 Å². The molecule has 0 spiro atoms. The molecular formula is C15H23F3N2O. The molecule has 0 radical (unpaired) electrons. The van der Waals surface area contributed by atoms with Gasteiger partial charge in [0, 0.05) is 11.1 Å². The third kappa shape index (κ3) is 4.61. The molecule has 0 bridgehead atoms. The van der Waals surface area contributed by atoms with Crippen LogP contribution in [0.2, 0.25) is 0 Å². The molecule has 1 atom stereocenters. The fourth-order valence-electron chi connectivity index (χ4n) is 2.14. The Bertz CT molecular complexity index is 458. The lowest BCUT2D eigenvalue weighted by molar-refractivity contribution is -0.275. The number of para-hydroxylation sites is 1. The molecule has 1 unspecified atom stereocenters. The molecule has 1 aromatic carbocycles. The lowest BCUT2D eigenvalue weighted by atomic mass is 9.87. The summed E-state index contributed by atoms with van der Waals surface area (Å²) in [6, 6.07) is 5.97. The third-order valence-electron chi connectivity index (χ3n) is 3.72. The highest BCUT2D eigenvalue weighted by atomic mass is 19.4. The molecule has 0 aliphatic heterocycles. The van der Waals surface area contributed by atoms with Crippen molar-refractivity contribution in [1.82, 2.24) is 10.2 Å². The van der Waals surface area contributed by atoms with Crippen molar-refractivity contribution < 1.29 is 17.9 Å². The van der Waals surface area contributed by atoms with E-state index in [2.05, 4.69) is 10.1 Å². The van der Waals surface area contributed by atoms with Gasteiger partial charge in [0.1, 0.15) is 5.75 Å². The Labute approximate surface area is 124 Å². The number of rotatable bonds is 6. The van der Waals surface area contributed by atoms with Crippen LogP contribution in [0, 0.1) is 0 Å². The van der Waals surface area contributed by atoms with Crippen LogP contribution in [0.15, 0.2) is 24.3 Å². The summed E-state index contributed by atoms with van der Waals surface area (Å²) in [6.07, 6.45) is -4.70. The van der Waals surface area contributed by atoms with Crippen LogP contribution in [-0.2, 0) is 0 Å². The van der Waals surface area contributed by atoms with Gasteiger partial charge in [-0.3, -0.25) is 0 Å². The lowest BCUT2D eigenvalue weighted by Gasteiger charge is -2.41. The normalized spacial score (nSPS) is 14.3. The second kappa shape index (κ2) is 6.66. The van der Waals surface area contributed by atoms with Crippen LogP contribution in [0.5, 0.6) is 5.75 Å². The zero-order valence-electron chi connectivity index (χ0n) is 13.1. The lowest BCUT2D eigenvalue weighted by Crippen LogP contribution is -2.49. The predicted molar refractivity (Wildman–Crippen MR) is 77.3 cm³/mol. The van der Waals surface area contributed by atoms with Crippen LogP contribution in [-0.4, -0.2) is 37.4 Å². The Morgan fingerprint density at radius 1 is 1.19 bits per heavy atom. The van der Waals surface area contributed by atoms with E-state index in [0.29, 0.717) is 12.1 Å². The molecule has 0 saturated carbocycles. The zero-order valence-corrected chi connectivity index (χ0v) is 13.1. The van der Waals surface area contributed by atoms with Gasteiger partial charge in [-0.25, -0.2) is 0 Å². The first-order valence-corrected chi connectivity index (χ1v) is 6.85. The molecule has 0 aromatic heterocycles. The van der Waals surface area contributed by atoms with Crippen molar-refractivity contribution in [2.75, 3.05) is 20.6 Å². The third-order valence-corrected chi connectivity index (χ3v) is 3.72. The van der Waals surface area contributed by atoms with Gasteiger partial charge in [-0.1, -0.05) is 25.1 Å². The standard InChI is InChI=1S/C15H23F3N2O/c1-6-19-13(14(2,3)20(4)5)11-9-7-8-10-12(11)21-15(16,17)18/h7-10,13,19H,6H2,1-5H3. The molecular weight excluding hydrogens is 281 g/mol. The van der Waals surface area contributed by atoms with E-state index in [1.165, 1.54) is 12.1 Å². The van der Waals surface area contributed by atoms with Crippen molar-refractivity contribution >= 4 is 0 Å². The average molecular weight is 304 g/mol. The first-order chi connectivity index (χ1) is 9.59. The van der Waals surface area contributed by atoms with Crippen LogP contribution in [0.4, 0.5) is 13.2 Å². The average Bonchev–Trinajstić information content (AvgIpc) is 2.34. The van der Waals surface area contributed by atoms with Gasteiger partial charge in [0.15, 0.2) is 0 Å². The van der Waals surface area contributed by atoms with Crippen molar-refractivity contribution in [2.24, 2.45) is 0 Å². The van der Waals surface area contributed by atoms with Gasteiger partial charge in [0.25, 0.3) is 0 Å². The number of nitrogens with one attached hydrogen (secondary N) is 1. The molecule has 6 heteroatoms. The molecule has 1 aromatic rings. The molecule has 0 heterocycles. The van der Waals surface area contributed by atoms with Crippen molar-refractivity contribution in [2.45, 2.75) is 38.7 Å². The Morgan fingerprint density at radius 2 is 1.76 bits per heavy atom. The molecule has 3 nitrogen and oxygen atoms in total. The summed E-state index contributed by atoms with van der Waals surface area (Å²) in [5.41, 5.74) is 0.108. The van der Waals surface area contributed by atoms with E-state index < -0.39 is 6.36 Å². The van der Waals surface area contributed by atoms with Gasteiger partial charge in [-0.2, -0.15) is 0 Å².